The maximum atomic E-state index is 2.25. The van der Waals surface area contributed by atoms with Crippen LogP contribution in [-0.4, -0.2) is 0 Å². The van der Waals surface area contributed by atoms with Crippen molar-refractivity contribution in [2.24, 2.45) is 0 Å². The van der Waals surface area contributed by atoms with E-state index >= 15 is 0 Å². The van der Waals surface area contributed by atoms with Gasteiger partial charge in [-0.3, -0.25) is 0 Å². The van der Waals surface area contributed by atoms with E-state index in [0.717, 1.165) is 0 Å². The van der Waals surface area contributed by atoms with Gasteiger partial charge in [0.15, 0.2) is 0 Å². The number of rotatable bonds is 13. The molecule has 0 fully saturated rings. The molecule has 0 saturated heterocycles. The largest absolute Gasteiger partial charge is 0.0622 e. The summed E-state index contributed by atoms with van der Waals surface area (Å²) in [6.07, 6.45) is 0. The van der Waals surface area contributed by atoms with Gasteiger partial charge in [0.25, 0.3) is 0 Å². The molecule has 0 atom stereocenters. The first kappa shape index (κ1) is 99.8. The predicted octanol–water partition coefficient (Wildman–Crippen LogP) is 39.6. The van der Waals surface area contributed by atoms with E-state index in [9.17, 15) is 0 Å². The zero-order valence-corrected chi connectivity index (χ0v) is 82.5. The van der Waals surface area contributed by atoms with Crippen molar-refractivity contribution in [1.82, 2.24) is 0 Å². The first-order chi connectivity index (χ1) is 69.1. The summed E-state index contributed by atoms with van der Waals surface area (Å²) in [7, 11) is 0. The molecule has 0 bridgehead atoms. The summed E-state index contributed by atoms with van der Waals surface area (Å²) in [6, 6.07) is 206. The number of hydrogen-bond acceptors (Lipinski definition) is 0. The first-order valence-corrected chi connectivity index (χ1v) is 48.6. The Morgan fingerprint density at radius 2 is 0.213 bits per heavy atom. The third-order valence-electron chi connectivity index (χ3n) is 24.2. The molecule has 0 aliphatic heterocycles. The van der Waals surface area contributed by atoms with Crippen LogP contribution in [0.1, 0.15) is 50.1 Å². The van der Waals surface area contributed by atoms with Gasteiger partial charge < -0.3 is 0 Å². The minimum atomic E-state index is 1.26. The van der Waals surface area contributed by atoms with Gasteiger partial charge in [0.05, 0.1) is 0 Å². The molecule has 0 saturated carbocycles. The molecule has 0 aliphatic carbocycles. The Morgan fingerprint density at radius 1 is 0.0780 bits per heavy atom. The SMILES string of the molecule is Cc1ccc(-c2ccc(-c3ccccc3)cc2)cc1.Cc1ccc(-c2cccc(-c3ccccc3)c2)cc1.Cc1ccc(-c2ccccc2)cc1.Cc1ccc(-c2ccccc2-c2ccccc2)cc1.Cc1cccc(-c2ccc(-c3ccccc3)cc2)c1.Cc1cccc(-c2cccc(-c3ccccc3)c2)c1.Cc1cccc(-c2ccccc2)c1.Cc1ccccc1.Cc1ccccc1-c1ccccc1. The van der Waals surface area contributed by atoms with Gasteiger partial charge in [-0.05, 0) is 225 Å². The van der Waals surface area contributed by atoms with Crippen LogP contribution < -0.4 is 0 Å². The zero-order chi connectivity index (χ0) is 97.8. The van der Waals surface area contributed by atoms with E-state index < -0.39 is 0 Å². The van der Waals surface area contributed by atoms with Crippen molar-refractivity contribution in [1.29, 1.82) is 0 Å². The van der Waals surface area contributed by atoms with Gasteiger partial charge in [0, 0.05) is 0 Å². The fourth-order valence-electron chi connectivity index (χ4n) is 16.3. The van der Waals surface area contributed by atoms with Crippen LogP contribution in [0.25, 0.3) is 145 Å². The van der Waals surface area contributed by atoms with Crippen molar-refractivity contribution in [3.05, 3.63) is 639 Å². The van der Waals surface area contributed by atoms with Gasteiger partial charge in [-0.15, -0.1) is 0 Å². The van der Waals surface area contributed by atoms with Gasteiger partial charge in [0.1, 0.15) is 0 Å². The molecule has 0 aromatic heterocycles. The van der Waals surface area contributed by atoms with Gasteiger partial charge in [-0.2, -0.15) is 0 Å². The number of hydrogen-bond donors (Lipinski definition) is 0. The Morgan fingerprint density at radius 3 is 0.454 bits per heavy atom. The van der Waals surface area contributed by atoms with E-state index in [1.165, 1.54) is 195 Å². The molecular formula is C141H124. The summed E-state index contributed by atoms with van der Waals surface area (Å²) in [5, 5.41) is 0. The second-order valence-corrected chi connectivity index (χ2v) is 35.3. The van der Waals surface area contributed by atoms with Gasteiger partial charge in [0.2, 0.25) is 0 Å². The minimum Gasteiger partial charge on any atom is -0.0622 e. The van der Waals surface area contributed by atoms with Crippen molar-refractivity contribution in [3.8, 4) is 145 Å². The lowest BCUT2D eigenvalue weighted by molar-refractivity contribution is 1.46. The topological polar surface area (TPSA) is 0 Å². The lowest BCUT2D eigenvalue weighted by Gasteiger charge is -2.10. The second-order valence-electron chi connectivity index (χ2n) is 35.3. The standard InChI is InChI=1S/5C19H16.3C13H12.C7H8/c1-15-7-5-10-17(13-15)19-12-6-11-18(14-19)16-8-3-2-4-9-16;1-15-6-5-9-19(14-15)18-12-10-17(11-13-18)16-7-3-2-4-8-16;1-15-11-13-17(14-12-15)19-10-6-5-9-18(19)16-7-3-2-4-8-16;1-15-10-12-17(13-11-15)19-9-5-8-18(14-19)16-6-3-2-4-7-16;1-15-7-9-17(10-8-15)19-13-11-18(12-14-19)16-5-3-2-4-6-16;1-11-7-5-6-10-13(11)12-8-3-2-4-9-12;1-11-6-5-9-13(10-11)12-7-3-2-4-8-12;1-11-7-9-13(10-8-11)12-5-3-2-4-6-12;1-7-5-3-2-4-6-7/h5*2-14H,1H3;3*2-10H,1H3;2-6H,1H3. The van der Waals surface area contributed by atoms with Gasteiger partial charge in [-0.25, -0.2) is 0 Å². The van der Waals surface area contributed by atoms with Crippen LogP contribution in [0.4, 0.5) is 0 Å². The predicted molar refractivity (Wildman–Crippen MR) is 611 cm³/mol. The molecule has 0 amide bonds. The quantitative estimate of drug-likeness (QED) is 0.108. The minimum absolute atomic E-state index is 1.26. The van der Waals surface area contributed by atoms with E-state index in [4.69, 9.17) is 0 Å². The van der Waals surface area contributed by atoms with E-state index in [2.05, 4.69) is 590 Å². The fraction of sp³-hybridized carbons (Fsp3) is 0.0638. The Balaban J connectivity index is 0.000000127. The average Bonchev–Trinajstić information content (AvgIpc) is 0.757. The van der Waals surface area contributed by atoms with Crippen molar-refractivity contribution in [2.75, 3.05) is 0 Å². The molecular weight excluding hydrogens is 1690 g/mol. The lowest BCUT2D eigenvalue weighted by atomic mass is 9.94. The van der Waals surface area contributed by atoms with Crippen LogP contribution in [-0.2, 0) is 0 Å². The summed E-state index contributed by atoms with van der Waals surface area (Å²) in [5.74, 6) is 0. The van der Waals surface area contributed by atoms with Crippen LogP contribution in [0.3, 0.4) is 0 Å². The smallest absolute Gasteiger partial charge is 0.0105 e. The molecule has 141 heavy (non-hydrogen) atoms. The third kappa shape index (κ3) is 31.4. The summed E-state index contributed by atoms with van der Waals surface area (Å²) in [5.41, 5.74) is 44.8. The average molecular weight is 1820 g/mol. The summed E-state index contributed by atoms with van der Waals surface area (Å²) >= 11 is 0. The molecule has 0 spiro atoms. The molecule has 22 rings (SSSR count). The van der Waals surface area contributed by atoms with Crippen LogP contribution in [0.5, 0.6) is 0 Å². The molecule has 22 aromatic carbocycles. The molecule has 0 radical (unpaired) electrons. The van der Waals surface area contributed by atoms with Crippen LogP contribution in [0.15, 0.2) is 588 Å². The fourth-order valence-corrected chi connectivity index (χ4v) is 16.3. The van der Waals surface area contributed by atoms with Crippen molar-refractivity contribution in [3.63, 3.8) is 0 Å². The Labute approximate surface area is 839 Å². The summed E-state index contributed by atoms with van der Waals surface area (Å²) < 4.78 is 0. The molecule has 0 unspecified atom stereocenters. The van der Waals surface area contributed by atoms with E-state index in [1.807, 2.05) is 60.7 Å². The molecule has 0 heterocycles. The van der Waals surface area contributed by atoms with Crippen LogP contribution >= 0.6 is 0 Å². The Kier molecular flexibility index (Phi) is 37.8. The maximum Gasteiger partial charge on any atom is -0.0105 e. The highest BCUT2D eigenvalue weighted by Crippen LogP contribution is 2.35. The van der Waals surface area contributed by atoms with E-state index in [1.54, 1.807) is 0 Å². The summed E-state index contributed by atoms with van der Waals surface area (Å²) in [4.78, 5) is 0. The Bertz CT molecular complexity index is 7390. The summed E-state index contributed by atoms with van der Waals surface area (Å²) in [6.45, 7) is 19.1. The van der Waals surface area contributed by atoms with Gasteiger partial charge in [-0.1, -0.05) is 621 Å². The highest BCUT2D eigenvalue weighted by molar-refractivity contribution is 5.84. The number of aryl methyl sites for hydroxylation is 9. The third-order valence-corrected chi connectivity index (χ3v) is 24.2. The molecule has 0 N–H and O–H groups in total. The highest BCUT2D eigenvalue weighted by Gasteiger charge is 2.10. The Hall–Kier alpha value is -17.2. The molecule has 0 nitrogen and oxygen atoms in total. The van der Waals surface area contributed by atoms with Crippen LogP contribution in [0, 0.1) is 62.3 Å². The lowest BCUT2D eigenvalue weighted by Crippen LogP contribution is -1.84. The molecule has 0 aliphatic rings. The zero-order valence-electron chi connectivity index (χ0n) is 82.5. The molecule has 688 valence electrons. The maximum absolute atomic E-state index is 2.25. The second kappa shape index (κ2) is 53.4. The highest BCUT2D eigenvalue weighted by atomic mass is 14.1. The van der Waals surface area contributed by atoms with Crippen LogP contribution in [0.2, 0.25) is 0 Å². The number of benzene rings is 22. The monoisotopic (exact) mass is 1820 g/mol. The van der Waals surface area contributed by atoms with Gasteiger partial charge >= 0.3 is 0 Å². The van der Waals surface area contributed by atoms with Crippen molar-refractivity contribution >= 4 is 0 Å². The molecule has 22 aromatic rings. The van der Waals surface area contributed by atoms with E-state index in [-0.39, 0.29) is 0 Å². The molecule has 0 heteroatoms. The van der Waals surface area contributed by atoms with Crippen molar-refractivity contribution in [2.45, 2.75) is 62.3 Å². The normalized spacial score (nSPS) is 10.2. The van der Waals surface area contributed by atoms with E-state index in [0.29, 0.717) is 0 Å². The van der Waals surface area contributed by atoms with Crippen molar-refractivity contribution < 1.29 is 0 Å². The first-order valence-electron chi connectivity index (χ1n) is 48.6.